The van der Waals surface area contributed by atoms with Gasteiger partial charge in [0.25, 0.3) is 0 Å². The maximum absolute atomic E-state index is 12.1. The Hall–Kier alpha value is -0.130. The van der Waals surface area contributed by atoms with Gasteiger partial charge in [-0.3, -0.25) is 0 Å². The van der Waals surface area contributed by atoms with Gasteiger partial charge < -0.3 is 5.32 Å². The molecule has 5 heteroatoms. The predicted octanol–water partition coefficient (Wildman–Crippen LogP) is 2.07. The summed E-state index contributed by atoms with van der Waals surface area (Å²) in [6.45, 7) is 14.5. The molecule has 0 saturated heterocycles. The number of hydrogen-bond acceptors (Lipinski definition) is 3. The van der Waals surface area contributed by atoms with Crippen LogP contribution in [0.2, 0.25) is 0 Å². The van der Waals surface area contributed by atoms with Crippen molar-refractivity contribution in [3.63, 3.8) is 0 Å². The van der Waals surface area contributed by atoms with Crippen LogP contribution in [0.4, 0.5) is 0 Å². The van der Waals surface area contributed by atoms with Gasteiger partial charge >= 0.3 is 0 Å². The monoisotopic (exact) mass is 278 g/mol. The van der Waals surface area contributed by atoms with Crippen molar-refractivity contribution in [3.05, 3.63) is 0 Å². The third kappa shape index (κ3) is 5.24. The lowest BCUT2D eigenvalue weighted by atomic mass is 9.86. The third-order valence-corrected chi connectivity index (χ3v) is 5.26. The molecule has 0 aromatic rings. The molecular formula is C13H30N2O2S. The van der Waals surface area contributed by atoms with Crippen LogP contribution in [0.5, 0.6) is 0 Å². The summed E-state index contributed by atoms with van der Waals surface area (Å²) in [5.41, 5.74) is 0.0189. The standard InChI is InChI=1S/C13H30N2O2S/c1-10(2)14-12(13(5,6)7)9-15(8)18(16,17)11(3)4/h10-12,14H,9H2,1-8H3/t12-/m1/s1. The first-order chi connectivity index (χ1) is 7.89. The molecule has 0 radical (unpaired) electrons. The molecule has 0 rings (SSSR count). The highest BCUT2D eigenvalue weighted by Gasteiger charge is 2.30. The van der Waals surface area contributed by atoms with Gasteiger partial charge in [-0.25, -0.2) is 12.7 Å². The predicted molar refractivity (Wildman–Crippen MR) is 78.2 cm³/mol. The number of sulfonamides is 1. The Morgan fingerprint density at radius 3 is 1.83 bits per heavy atom. The fourth-order valence-corrected chi connectivity index (χ4v) is 2.78. The van der Waals surface area contributed by atoms with E-state index < -0.39 is 10.0 Å². The SMILES string of the molecule is CC(C)N[C@H](CN(C)S(=O)(=O)C(C)C)C(C)(C)C. The van der Waals surface area contributed by atoms with Gasteiger partial charge in [-0.05, 0) is 19.3 Å². The van der Waals surface area contributed by atoms with Crippen molar-refractivity contribution in [1.82, 2.24) is 9.62 Å². The fraction of sp³-hybridized carbons (Fsp3) is 1.00. The van der Waals surface area contributed by atoms with Crippen molar-refractivity contribution in [2.24, 2.45) is 5.41 Å². The number of nitrogens with one attached hydrogen (secondary N) is 1. The lowest BCUT2D eigenvalue weighted by molar-refractivity contribution is 0.223. The summed E-state index contributed by atoms with van der Waals surface area (Å²) in [6, 6.07) is 0.473. The summed E-state index contributed by atoms with van der Waals surface area (Å²) < 4.78 is 25.6. The highest BCUT2D eigenvalue weighted by Crippen LogP contribution is 2.21. The molecule has 0 bridgehead atoms. The fourth-order valence-electron chi connectivity index (χ4n) is 1.70. The lowest BCUT2D eigenvalue weighted by Crippen LogP contribution is -2.51. The first-order valence-corrected chi connectivity index (χ1v) is 8.10. The van der Waals surface area contributed by atoms with Crippen molar-refractivity contribution in [3.8, 4) is 0 Å². The summed E-state index contributed by atoms with van der Waals surface area (Å²) in [5.74, 6) is 0. The van der Waals surface area contributed by atoms with Crippen molar-refractivity contribution >= 4 is 10.0 Å². The molecule has 0 aliphatic rings. The minimum Gasteiger partial charge on any atom is -0.310 e. The van der Waals surface area contributed by atoms with Gasteiger partial charge in [0.15, 0.2) is 0 Å². The number of hydrogen-bond donors (Lipinski definition) is 1. The lowest BCUT2D eigenvalue weighted by Gasteiger charge is -2.36. The quantitative estimate of drug-likeness (QED) is 0.809. The average Bonchev–Trinajstić information content (AvgIpc) is 2.13. The van der Waals surface area contributed by atoms with Crippen molar-refractivity contribution in [1.29, 1.82) is 0 Å². The van der Waals surface area contributed by atoms with Crippen LogP contribution in [0.15, 0.2) is 0 Å². The Morgan fingerprint density at radius 2 is 1.56 bits per heavy atom. The highest BCUT2D eigenvalue weighted by atomic mass is 32.2. The van der Waals surface area contributed by atoms with Gasteiger partial charge in [-0.15, -0.1) is 0 Å². The van der Waals surface area contributed by atoms with E-state index in [0.29, 0.717) is 12.6 Å². The Kier molecular flexibility index (Phi) is 6.30. The van der Waals surface area contributed by atoms with Crippen LogP contribution in [0.3, 0.4) is 0 Å². The zero-order valence-corrected chi connectivity index (χ0v) is 13.9. The van der Waals surface area contributed by atoms with Gasteiger partial charge in [-0.1, -0.05) is 34.6 Å². The molecule has 0 fully saturated rings. The minimum atomic E-state index is -3.17. The van der Waals surface area contributed by atoms with E-state index in [1.165, 1.54) is 4.31 Å². The molecule has 0 aromatic carbocycles. The summed E-state index contributed by atoms with van der Waals surface area (Å²) >= 11 is 0. The molecule has 0 aromatic heterocycles. The Morgan fingerprint density at radius 1 is 1.11 bits per heavy atom. The van der Waals surface area contributed by atoms with Crippen LogP contribution in [0.25, 0.3) is 0 Å². The molecule has 0 heterocycles. The van der Waals surface area contributed by atoms with Crippen molar-refractivity contribution < 1.29 is 8.42 Å². The minimum absolute atomic E-state index is 0.0189. The van der Waals surface area contributed by atoms with Crippen LogP contribution in [-0.4, -0.2) is 43.6 Å². The molecule has 0 unspecified atom stereocenters. The van der Waals surface area contributed by atoms with Gasteiger partial charge in [-0.2, -0.15) is 0 Å². The molecule has 0 aliphatic carbocycles. The molecule has 0 amide bonds. The average molecular weight is 278 g/mol. The molecule has 18 heavy (non-hydrogen) atoms. The molecule has 1 atom stereocenters. The maximum Gasteiger partial charge on any atom is 0.216 e. The molecule has 1 N–H and O–H groups in total. The van der Waals surface area contributed by atoms with E-state index >= 15 is 0 Å². The van der Waals surface area contributed by atoms with E-state index in [-0.39, 0.29) is 16.7 Å². The first kappa shape index (κ1) is 17.9. The van der Waals surface area contributed by atoms with Crippen LogP contribution >= 0.6 is 0 Å². The Bertz CT molecular complexity index is 342. The van der Waals surface area contributed by atoms with Gasteiger partial charge in [0.05, 0.1) is 5.25 Å². The molecular weight excluding hydrogens is 248 g/mol. The van der Waals surface area contributed by atoms with Gasteiger partial charge in [0, 0.05) is 25.7 Å². The summed E-state index contributed by atoms with van der Waals surface area (Å²) in [5, 5.41) is 3.08. The van der Waals surface area contributed by atoms with Gasteiger partial charge in [0.1, 0.15) is 0 Å². The van der Waals surface area contributed by atoms with Crippen molar-refractivity contribution in [2.75, 3.05) is 13.6 Å². The highest BCUT2D eigenvalue weighted by molar-refractivity contribution is 7.89. The third-order valence-electron chi connectivity index (χ3n) is 3.05. The van der Waals surface area contributed by atoms with Crippen LogP contribution in [-0.2, 0) is 10.0 Å². The summed E-state index contributed by atoms with van der Waals surface area (Å²) in [4.78, 5) is 0. The number of rotatable bonds is 6. The molecule has 4 nitrogen and oxygen atoms in total. The second-order valence-electron chi connectivity index (χ2n) is 6.61. The van der Waals surface area contributed by atoms with E-state index in [0.717, 1.165) is 0 Å². The van der Waals surface area contributed by atoms with E-state index in [4.69, 9.17) is 0 Å². The summed E-state index contributed by atoms with van der Waals surface area (Å²) in [7, 11) is -1.51. The number of likely N-dealkylation sites (N-methyl/N-ethyl adjacent to an activating group) is 1. The molecule has 0 aliphatic heterocycles. The number of nitrogens with zero attached hydrogens (tertiary/aromatic N) is 1. The largest absolute Gasteiger partial charge is 0.310 e. The molecule has 110 valence electrons. The van der Waals surface area contributed by atoms with E-state index in [2.05, 4.69) is 39.9 Å². The Labute approximate surface area is 113 Å². The molecule has 0 saturated carbocycles. The van der Waals surface area contributed by atoms with Gasteiger partial charge in [0.2, 0.25) is 10.0 Å². The molecule has 0 spiro atoms. The van der Waals surface area contributed by atoms with Crippen LogP contribution in [0.1, 0.15) is 48.5 Å². The van der Waals surface area contributed by atoms with Crippen molar-refractivity contribution in [2.45, 2.75) is 65.8 Å². The van der Waals surface area contributed by atoms with E-state index in [9.17, 15) is 8.42 Å². The smallest absolute Gasteiger partial charge is 0.216 e. The summed E-state index contributed by atoms with van der Waals surface area (Å²) in [6.07, 6.45) is 0. The Balaban J connectivity index is 4.90. The van der Waals surface area contributed by atoms with Crippen LogP contribution in [0, 0.1) is 5.41 Å². The second kappa shape index (κ2) is 6.35. The van der Waals surface area contributed by atoms with E-state index in [1.54, 1.807) is 20.9 Å². The first-order valence-electron chi connectivity index (χ1n) is 6.60. The zero-order chi connectivity index (χ0) is 14.7. The normalized spacial score (nSPS) is 15.7. The van der Waals surface area contributed by atoms with E-state index in [1.807, 2.05) is 0 Å². The van der Waals surface area contributed by atoms with Crippen LogP contribution < -0.4 is 5.32 Å². The topological polar surface area (TPSA) is 49.4 Å². The second-order valence-corrected chi connectivity index (χ2v) is 9.21. The zero-order valence-electron chi connectivity index (χ0n) is 13.1. The maximum atomic E-state index is 12.1.